The van der Waals surface area contributed by atoms with Crippen molar-refractivity contribution in [2.75, 3.05) is 19.1 Å². The summed E-state index contributed by atoms with van der Waals surface area (Å²) in [6.07, 6.45) is 0. The van der Waals surface area contributed by atoms with Crippen LogP contribution in [-0.4, -0.2) is 31.0 Å². The van der Waals surface area contributed by atoms with Gasteiger partial charge in [0.15, 0.2) is 0 Å². The van der Waals surface area contributed by atoms with Gasteiger partial charge in [-0.3, -0.25) is 14.5 Å². The van der Waals surface area contributed by atoms with E-state index in [-0.39, 0.29) is 11.3 Å². The molecule has 1 unspecified atom stereocenters. The molecule has 3 aromatic rings. The molecule has 0 bridgehead atoms. The molecule has 1 aliphatic rings. The molecule has 6 nitrogen and oxygen atoms in total. The first-order chi connectivity index (χ1) is 15.8. The van der Waals surface area contributed by atoms with E-state index in [0.717, 1.165) is 5.56 Å². The minimum atomic E-state index is -0.807. The Morgan fingerprint density at radius 2 is 1.70 bits per heavy atom. The average molecular weight is 508 g/mol. The molecular formula is C26H22BrNO5. The summed E-state index contributed by atoms with van der Waals surface area (Å²) in [4.78, 5) is 27.9. The van der Waals surface area contributed by atoms with Crippen LogP contribution < -0.4 is 14.4 Å². The van der Waals surface area contributed by atoms with Crippen LogP contribution in [0.2, 0.25) is 0 Å². The number of carbonyl (C=O) groups is 2. The number of halogens is 1. The third kappa shape index (κ3) is 4.12. The second kappa shape index (κ2) is 9.11. The summed E-state index contributed by atoms with van der Waals surface area (Å²) in [7, 11) is 3.10. The molecule has 4 rings (SSSR count). The number of aliphatic hydroxyl groups is 1. The molecule has 1 aliphatic heterocycles. The van der Waals surface area contributed by atoms with E-state index < -0.39 is 17.7 Å². The van der Waals surface area contributed by atoms with Crippen LogP contribution in [0.1, 0.15) is 22.7 Å². The zero-order valence-electron chi connectivity index (χ0n) is 18.3. The minimum absolute atomic E-state index is 0.0174. The highest BCUT2D eigenvalue weighted by atomic mass is 79.9. The number of anilines is 1. The number of methoxy groups -OCH3 is 2. The van der Waals surface area contributed by atoms with Crippen molar-refractivity contribution < 1.29 is 24.2 Å². The topological polar surface area (TPSA) is 76.1 Å². The van der Waals surface area contributed by atoms with E-state index in [1.165, 1.54) is 12.0 Å². The quantitative estimate of drug-likeness (QED) is 0.284. The van der Waals surface area contributed by atoms with Gasteiger partial charge in [0.25, 0.3) is 11.7 Å². The largest absolute Gasteiger partial charge is 0.507 e. The fraction of sp³-hybridized carbons (Fsp3) is 0.154. The molecule has 1 fully saturated rings. The number of rotatable bonds is 5. The van der Waals surface area contributed by atoms with E-state index in [0.29, 0.717) is 32.8 Å². The number of ether oxygens (including phenoxy) is 2. The van der Waals surface area contributed by atoms with Crippen molar-refractivity contribution >= 4 is 39.1 Å². The molecule has 1 atom stereocenters. The Balaban J connectivity index is 1.93. The molecule has 168 valence electrons. The Morgan fingerprint density at radius 3 is 2.30 bits per heavy atom. The number of hydrogen-bond acceptors (Lipinski definition) is 5. The van der Waals surface area contributed by atoms with Crippen LogP contribution in [0, 0.1) is 6.92 Å². The maximum Gasteiger partial charge on any atom is 0.300 e. The average Bonchev–Trinajstić information content (AvgIpc) is 3.09. The smallest absolute Gasteiger partial charge is 0.300 e. The summed E-state index contributed by atoms with van der Waals surface area (Å²) < 4.78 is 11.1. The standard InChI is InChI=1S/C26H22BrNO5/c1-15-5-4-6-18(13-15)28-23(16-7-10-19(32-2)11-8-16)22(25(30)26(28)31)24(29)17-9-12-21(33-3)20(27)14-17/h4-14,23,29H,1-3H3/b24-22-. The van der Waals surface area contributed by atoms with Gasteiger partial charge in [0.05, 0.1) is 30.3 Å². The van der Waals surface area contributed by atoms with E-state index in [2.05, 4.69) is 15.9 Å². The van der Waals surface area contributed by atoms with E-state index in [4.69, 9.17) is 9.47 Å². The second-order valence-corrected chi connectivity index (χ2v) is 8.48. The zero-order valence-corrected chi connectivity index (χ0v) is 19.9. The third-order valence-corrected chi connectivity index (χ3v) is 6.20. The van der Waals surface area contributed by atoms with Crippen molar-refractivity contribution in [3.63, 3.8) is 0 Å². The fourth-order valence-electron chi connectivity index (χ4n) is 3.95. The molecule has 7 heteroatoms. The molecule has 1 amide bonds. The van der Waals surface area contributed by atoms with Gasteiger partial charge in [0.2, 0.25) is 0 Å². The first kappa shape index (κ1) is 22.6. The van der Waals surface area contributed by atoms with Gasteiger partial charge in [-0.1, -0.05) is 24.3 Å². The summed E-state index contributed by atoms with van der Waals surface area (Å²) in [6.45, 7) is 1.91. The van der Waals surface area contributed by atoms with Gasteiger partial charge < -0.3 is 14.6 Å². The summed E-state index contributed by atoms with van der Waals surface area (Å²) >= 11 is 3.41. The Kier molecular flexibility index (Phi) is 6.24. The molecule has 0 aliphatic carbocycles. The lowest BCUT2D eigenvalue weighted by Crippen LogP contribution is -2.29. The maximum absolute atomic E-state index is 13.2. The normalized spacial score (nSPS) is 17.3. The van der Waals surface area contributed by atoms with Crippen LogP contribution in [0.4, 0.5) is 5.69 Å². The molecule has 1 saturated heterocycles. The van der Waals surface area contributed by atoms with Crippen molar-refractivity contribution in [3.05, 3.63) is 93.5 Å². The van der Waals surface area contributed by atoms with Crippen LogP contribution in [-0.2, 0) is 9.59 Å². The lowest BCUT2D eigenvalue weighted by molar-refractivity contribution is -0.132. The number of nitrogens with zero attached hydrogens (tertiary/aromatic N) is 1. The van der Waals surface area contributed by atoms with Gasteiger partial charge in [-0.15, -0.1) is 0 Å². The molecule has 0 radical (unpaired) electrons. The summed E-state index contributed by atoms with van der Waals surface area (Å²) in [6, 6.07) is 18.6. The number of carbonyl (C=O) groups excluding carboxylic acids is 2. The van der Waals surface area contributed by atoms with Crippen LogP contribution in [0.3, 0.4) is 0 Å². The van der Waals surface area contributed by atoms with Gasteiger partial charge in [-0.05, 0) is 76.4 Å². The summed E-state index contributed by atoms with van der Waals surface area (Å²) in [5, 5.41) is 11.2. The Hall–Kier alpha value is -3.58. The highest BCUT2D eigenvalue weighted by molar-refractivity contribution is 9.10. The third-order valence-electron chi connectivity index (χ3n) is 5.58. The number of Topliss-reactive ketones (excluding diaryl/α,β-unsaturated/α-hetero) is 1. The Labute approximate surface area is 200 Å². The summed E-state index contributed by atoms with van der Waals surface area (Å²) in [5.41, 5.74) is 2.60. The fourth-order valence-corrected chi connectivity index (χ4v) is 4.49. The molecular weight excluding hydrogens is 486 g/mol. The van der Waals surface area contributed by atoms with Gasteiger partial charge >= 0.3 is 0 Å². The van der Waals surface area contributed by atoms with Crippen LogP contribution in [0.15, 0.2) is 76.8 Å². The van der Waals surface area contributed by atoms with Crippen molar-refractivity contribution in [1.82, 2.24) is 0 Å². The number of ketones is 1. The highest BCUT2D eigenvalue weighted by Crippen LogP contribution is 2.43. The van der Waals surface area contributed by atoms with E-state index in [1.807, 2.05) is 25.1 Å². The van der Waals surface area contributed by atoms with Gasteiger partial charge in [0.1, 0.15) is 17.3 Å². The molecule has 0 saturated carbocycles. The molecule has 33 heavy (non-hydrogen) atoms. The van der Waals surface area contributed by atoms with Crippen molar-refractivity contribution in [1.29, 1.82) is 0 Å². The monoisotopic (exact) mass is 507 g/mol. The SMILES string of the molecule is COc1ccc(C2/C(=C(/O)c3ccc(OC)c(Br)c3)C(=O)C(=O)N2c2cccc(C)c2)cc1. The van der Waals surface area contributed by atoms with Crippen LogP contribution >= 0.6 is 15.9 Å². The number of hydrogen-bond donors (Lipinski definition) is 1. The van der Waals surface area contributed by atoms with Crippen LogP contribution in [0.25, 0.3) is 5.76 Å². The first-order valence-corrected chi connectivity index (χ1v) is 11.0. The molecule has 0 spiro atoms. The lowest BCUT2D eigenvalue weighted by atomic mass is 9.95. The van der Waals surface area contributed by atoms with E-state index in [1.54, 1.807) is 55.6 Å². The minimum Gasteiger partial charge on any atom is -0.507 e. The first-order valence-electron chi connectivity index (χ1n) is 10.2. The molecule has 0 aromatic heterocycles. The van der Waals surface area contributed by atoms with E-state index in [9.17, 15) is 14.7 Å². The van der Waals surface area contributed by atoms with Gasteiger partial charge in [-0.25, -0.2) is 0 Å². The molecule has 1 heterocycles. The number of benzene rings is 3. The van der Waals surface area contributed by atoms with Crippen molar-refractivity contribution in [2.24, 2.45) is 0 Å². The Morgan fingerprint density at radius 1 is 0.970 bits per heavy atom. The van der Waals surface area contributed by atoms with E-state index >= 15 is 0 Å². The van der Waals surface area contributed by atoms with Gasteiger partial charge in [0, 0.05) is 11.3 Å². The second-order valence-electron chi connectivity index (χ2n) is 7.63. The highest BCUT2D eigenvalue weighted by Gasteiger charge is 2.47. The number of amides is 1. The van der Waals surface area contributed by atoms with Crippen molar-refractivity contribution in [3.8, 4) is 11.5 Å². The zero-order chi connectivity index (χ0) is 23.7. The van der Waals surface area contributed by atoms with Crippen LogP contribution in [0.5, 0.6) is 11.5 Å². The maximum atomic E-state index is 13.2. The predicted molar refractivity (Wildman–Crippen MR) is 130 cm³/mol. The lowest BCUT2D eigenvalue weighted by Gasteiger charge is -2.26. The Bertz CT molecular complexity index is 1270. The van der Waals surface area contributed by atoms with Crippen molar-refractivity contribution in [2.45, 2.75) is 13.0 Å². The molecule has 3 aromatic carbocycles. The predicted octanol–water partition coefficient (Wildman–Crippen LogP) is 5.40. The summed E-state index contributed by atoms with van der Waals surface area (Å²) in [5.74, 6) is -0.478. The number of aliphatic hydroxyl groups excluding tert-OH is 1. The molecule has 1 N–H and O–H groups in total. The number of aryl methyl sites for hydroxylation is 1. The van der Waals surface area contributed by atoms with Gasteiger partial charge in [-0.2, -0.15) is 0 Å².